The molecule has 8 heteroatoms. The highest BCUT2D eigenvalue weighted by atomic mass is 16.6. The number of carbonyl (C=O) groups is 3. The molecule has 3 aromatic carbocycles. The molecule has 0 aliphatic rings. The van der Waals surface area contributed by atoms with Gasteiger partial charge in [0.15, 0.2) is 0 Å². The van der Waals surface area contributed by atoms with Gasteiger partial charge in [-0.15, -0.1) is 0 Å². The van der Waals surface area contributed by atoms with Crippen LogP contribution in [-0.2, 0) is 38.8 Å². The first-order valence-corrected chi connectivity index (χ1v) is 11.6. The first-order chi connectivity index (χ1) is 17.5. The zero-order valence-corrected chi connectivity index (χ0v) is 20.2. The van der Waals surface area contributed by atoms with E-state index in [4.69, 9.17) is 14.2 Å². The molecule has 0 aliphatic carbocycles. The van der Waals surface area contributed by atoms with Gasteiger partial charge in [0.25, 0.3) is 0 Å². The van der Waals surface area contributed by atoms with Gasteiger partial charge in [0.05, 0.1) is 19.6 Å². The number of alkyl carbamates (subject to hydrolysis) is 1. The van der Waals surface area contributed by atoms with Crippen molar-refractivity contribution in [2.45, 2.75) is 32.2 Å². The van der Waals surface area contributed by atoms with Gasteiger partial charge in [-0.25, -0.2) is 9.59 Å². The monoisotopic (exact) mass is 490 g/mol. The summed E-state index contributed by atoms with van der Waals surface area (Å²) in [5, 5.41) is 2.66. The maximum atomic E-state index is 13.2. The Bertz CT molecular complexity index is 1090. The number of esters is 1. The van der Waals surface area contributed by atoms with Crippen molar-refractivity contribution < 1.29 is 28.6 Å². The van der Waals surface area contributed by atoms with E-state index in [9.17, 15) is 14.4 Å². The molecule has 0 heterocycles. The Labute approximate surface area is 210 Å². The topological polar surface area (TPSA) is 94.2 Å². The van der Waals surface area contributed by atoms with E-state index in [-0.39, 0.29) is 32.7 Å². The van der Waals surface area contributed by atoms with Crippen molar-refractivity contribution in [3.63, 3.8) is 0 Å². The van der Waals surface area contributed by atoms with Crippen molar-refractivity contribution in [3.8, 4) is 0 Å². The molecular formula is C28H30N2O6. The quantitative estimate of drug-likeness (QED) is 0.310. The van der Waals surface area contributed by atoms with Crippen LogP contribution in [0, 0.1) is 0 Å². The highest BCUT2D eigenvalue weighted by molar-refractivity contribution is 5.73. The average Bonchev–Trinajstić information content (AvgIpc) is 2.93. The molecule has 0 radical (unpaired) electrons. The van der Waals surface area contributed by atoms with Gasteiger partial charge in [0, 0.05) is 13.1 Å². The molecule has 0 spiro atoms. The van der Waals surface area contributed by atoms with Crippen LogP contribution in [0.4, 0.5) is 9.59 Å². The summed E-state index contributed by atoms with van der Waals surface area (Å²) in [6, 6.07) is 27.2. The number of amides is 2. The molecule has 8 nitrogen and oxygen atoms in total. The van der Waals surface area contributed by atoms with Crippen LogP contribution in [0.5, 0.6) is 0 Å². The van der Waals surface area contributed by atoms with Gasteiger partial charge in [-0.2, -0.15) is 0 Å². The second kappa shape index (κ2) is 14.2. The molecule has 0 saturated heterocycles. The summed E-state index contributed by atoms with van der Waals surface area (Å²) in [6.07, 6.45) is -1.41. The van der Waals surface area contributed by atoms with E-state index in [0.29, 0.717) is 0 Å². The number of methoxy groups -OCH3 is 1. The summed E-state index contributed by atoms with van der Waals surface area (Å²) in [7, 11) is 1.27. The predicted octanol–water partition coefficient (Wildman–Crippen LogP) is 4.68. The zero-order valence-electron chi connectivity index (χ0n) is 20.2. The van der Waals surface area contributed by atoms with Gasteiger partial charge in [0.1, 0.15) is 13.2 Å². The number of benzene rings is 3. The number of rotatable bonds is 11. The Morgan fingerprint density at radius 2 is 1.25 bits per heavy atom. The van der Waals surface area contributed by atoms with E-state index in [2.05, 4.69) is 5.32 Å². The van der Waals surface area contributed by atoms with Crippen molar-refractivity contribution in [2.75, 3.05) is 13.7 Å². The second-order valence-corrected chi connectivity index (χ2v) is 8.03. The smallest absolute Gasteiger partial charge is 0.410 e. The number of nitrogens with zero attached hydrogens (tertiary/aromatic N) is 1. The third-order valence-electron chi connectivity index (χ3n) is 5.40. The lowest BCUT2D eigenvalue weighted by Gasteiger charge is -2.30. The molecule has 0 aliphatic heterocycles. The Morgan fingerprint density at radius 3 is 1.78 bits per heavy atom. The van der Waals surface area contributed by atoms with Crippen LogP contribution in [0.15, 0.2) is 91.0 Å². The fourth-order valence-corrected chi connectivity index (χ4v) is 3.47. The summed E-state index contributed by atoms with van der Waals surface area (Å²) < 4.78 is 15.7. The van der Waals surface area contributed by atoms with Crippen LogP contribution in [0.3, 0.4) is 0 Å². The van der Waals surface area contributed by atoms with Gasteiger partial charge in [-0.3, -0.25) is 9.69 Å². The van der Waals surface area contributed by atoms with Crippen molar-refractivity contribution >= 4 is 18.2 Å². The molecule has 1 atom stereocenters. The lowest BCUT2D eigenvalue weighted by molar-refractivity contribution is -0.141. The van der Waals surface area contributed by atoms with Crippen LogP contribution in [0.2, 0.25) is 0 Å². The van der Waals surface area contributed by atoms with Crippen LogP contribution in [0.25, 0.3) is 0 Å². The highest BCUT2D eigenvalue weighted by Crippen LogP contribution is 2.15. The first-order valence-electron chi connectivity index (χ1n) is 11.6. The molecular weight excluding hydrogens is 460 g/mol. The summed E-state index contributed by atoms with van der Waals surface area (Å²) >= 11 is 0. The molecule has 0 aromatic heterocycles. The van der Waals surface area contributed by atoms with Crippen molar-refractivity contribution in [2.24, 2.45) is 0 Å². The van der Waals surface area contributed by atoms with Gasteiger partial charge < -0.3 is 19.5 Å². The van der Waals surface area contributed by atoms with Crippen molar-refractivity contribution in [3.05, 3.63) is 108 Å². The molecule has 3 aromatic rings. The lowest BCUT2D eigenvalue weighted by atomic mass is 10.1. The number of carbonyl (C=O) groups excluding carboxylic acids is 3. The maximum Gasteiger partial charge on any atom is 0.410 e. The Kier molecular flexibility index (Phi) is 10.3. The van der Waals surface area contributed by atoms with Crippen LogP contribution in [-0.4, -0.2) is 42.8 Å². The molecule has 188 valence electrons. The molecule has 0 unspecified atom stereocenters. The fourth-order valence-electron chi connectivity index (χ4n) is 3.47. The molecule has 0 bridgehead atoms. The number of ether oxygens (including phenoxy) is 3. The standard InChI is InChI=1S/C28H30N2O6/c1-34-26(31)17-25(18-29-27(32)35-20-23-13-7-3-8-14-23)30(19-22-11-5-2-6-12-22)28(33)36-21-24-15-9-4-10-16-24/h2-16,25H,17-21H2,1H3,(H,29,32)/t25-/m1/s1. The molecule has 0 saturated carbocycles. The SMILES string of the molecule is COC(=O)C[C@H](CNC(=O)OCc1ccccc1)N(Cc1ccccc1)C(=O)OCc1ccccc1. The van der Waals surface area contributed by atoms with E-state index in [1.54, 1.807) is 0 Å². The Morgan fingerprint density at radius 1 is 0.750 bits per heavy atom. The number of hydrogen-bond donors (Lipinski definition) is 1. The Hall–Kier alpha value is -4.33. The third-order valence-corrected chi connectivity index (χ3v) is 5.40. The predicted molar refractivity (Wildman–Crippen MR) is 134 cm³/mol. The highest BCUT2D eigenvalue weighted by Gasteiger charge is 2.28. The van der Waals surface area contributed by atoms with Gasteiger partial charge in [-0.1, -0.05) is 91.0 Å². The first kappa shape index (κ1) is 26.3. The lowest BCUT2D eigenvalue weighted by Crippen LogP contribution is -2.48. The second-order valence-electron chi connectivity index (χ2n) is 8.03. The van der Waals surface area contributed by atoms with Gasteiger partial charge in [0.2, 0.25) is 0 Å². The van der Waals surface area contributed by atoms with Gasteiger partial charge >= 0.3 is 18.2 Å². The minimum atomic E-state index is -0.731. The summed E-state index contributed by atoms with van der Waals surface area (Å²) in [5.41, 5.74) is 2.52. The van der Waals surface area contributed by atoms with E-state index in [1.165, 1.54) is 12.0 Å². The largest absolute Gasteiger partial charge is 0.469 e. The summed E-state index contributed by atoms with van der Waals surface area (Å²) in [4.78, 5) is 39.2. The normalized spacial score (nSPS) is 11.1. The minimum absolute atomic E-state index is 0.0318. The Balaban J connectivity index is 1.71. The number of nitrogens with one attached hydrogen (secondary N) is 1. The average molecular weight is 491 g/mol. The van der Waals surface area contributed by atoms with E-state index < -0.39 is 24.2 Å². The van der Waals surface area contributed by atoms with Crippen LogP contribution in [0.1, 0.15) is 23.1 Å². The van der Waals surface area contributed by atoms with E-state index >= 15 is 0 Å². The summed E-state index contributed by atoms with van der Waals surface area (Å²) in [6.45, 7) is 0.316. The van der Waals surface area contributed by atoms with Crippen LogP contribution < -0.4 is 5.32 Å². The summed E-state index contributed by atoms with van der Waals surface area (Å²) in [5.74, 6) is -0.520. The van der Waals surface area contributed by atoms with E-state index in [0.717, 1.165) is 16.7 Å². The zero-order chi connectivity index (χ0) is 25.6. The van der Waals surface area contributed by atoms with Crippen molar-refractivity contribution in [1.82, 2.24) is 10.2 Å². The van der Waals surface area contributed by atoms with Gasteiger partial charge in [-0.05, 0) is 16.7 Å². The maximum absolute atomic E-state index is 13.2. The van der Waals surface area contributed by atoms with Crippen LogP contribution >= 0.6 is 0 Å². The minimum Gasteiger partial charge on any atom is -0.469 e. The van der Waals surface area contributed by atoms with Crippen molar-refractivity contribution in [1.29, 1.82) is 0 Å². The molecule has 2 amide bonds. The fraction of sp³-hybridized carbons (Fsp3) is 0.250. The molecule has 36 heavy (non-hydrogen) atoms. The third kappa shape index (κ3) is 8.79. The molecule has 0 fully saturated rings. The molecule has 3 rings (SSSR count). The molecule has 1 N–H and O–H groups in total. The number of hydrogen-bond acceptors (Lipinski definition) is 6. The van der Waals surface area contributed by atoms with E-state index in [1.807, 2.05) is 91.0 Å².